The van der Waals surface area contributed by atoms with Crippen molar-refractivity contribution in [3.05, 3.63) is 40.9 Å². The number of nitrogens with zero attached hydrogens (tertiary/aromatic N) is 3. The van der Waals surface area contributed by atoms with Crippen LogP contribution < -0.4 is 11.3 Å². The van der Waals surface area contributed by atoms with Gasteiger partial charge in [-0.25, -0.2) is 5.84 Å². The van der Waals surface area contributed by atoms with Gasteiger partial charge in [-0.1, -0.05) is 41.7 Å². The van der Waals surface area contributed by atoms with E-state index >= 15 is 0 Å². The van der Waals surface area contributed by atoms with E-state index in [0.717, 1.165) is 18.1 Å². The van der Waals surface area contributed by atoms with Gasteiger partial charge >= 0.3 is 0 Å². The molecule has 0 aliphatic heterocycles. The Hall–Kier alpha value is -1.50. The molecular formula is C11H15N5S. The molecule has 90 valence electrons. The summed E-state index contributed by atoms with van der Waals surface area (Å²) in [5, 5.41) is 9.55. The third-order valence-electron chi connectivity index (χ3n) is 2.29. The minimum absolute atomic E-state index is 0.646. The molecule has 0 saturated carbocycles. The quantitative estimate of drug-likeness (QED) is 0.620. The molecule has 0 radical (unpaired) electrons. The van der Waals surface area contributed by atoms with Crippen molar-refractivity contribution in [3.8, 4) is 0 Å². The van der Waals surface area contributed by atoms with E-state index in [4.69, 9.17) is 5.84 Å². The molecule has 0 saturated heterocycles. The second kappa shape index (κ2) is 5.72. The minimum atomic E-state index is 0.646. The van der Waals surface area contributed by atoms with E-state index in [1.165, 1.54) is 16.9 Å². The summed E-state index contributed by atoms with van der Waals surface area (Å²) in [5.41, 5.74) is 3.79. The van der Waals surface area contributed by atoms with Gasteiger partial charge in [-0.3, -0.25) is 10.3 Å². The molecule has 5 nitrogen and oxygen atoms in total. The maximum absolute atomic E-state index is 5.26. The fourth-order valence-electron chi connectivity index (χ4n) is 1.56. The summed E-state index contributed by atoms with van der Waals surface area (Å²) in [5.74, 6) is 5.26. The van der Waals surface area contributed by atoms with Gasteiger partial charge in [-0.05, 0) is 12.6 Å². The van der Waals surface area contributed by atoms with Crippen LogP contribution in [0.5, 0.6) is 0 Å². The largest absolute Gasteiger partial charge is 0.298 e. The Kier molecular flexibility index (Phi) is 4.03. The van der Waals surface area contributed by atoms with Gasteiger partial charge in [0.1, 0.15) is 5.01 Å². The Bertz CT molecular complexity index is 456. The smallest absolute Gasteiger partial charge is 0.219 e. The maximum Gasteiger partial charge on any atom is 0.219 e. The number of hydrogen-bond donors (Lipinski definition) is 2. The summed E-state index contributed by atoms with van der Waals surface area (Å²) >= 11 is 1.47. The molecule has 3 N–H and O–H groups in total. The lowest BCUT2D eigenvalue weighted by Crippen LogP contribution is -2.17. The van der Waals surface area contributed by atoms with Crippen molar-refractivity contribution in [2.75, 3.05) is 12.5 Å². The maximum atomic E-state index is 5.26. The van der Waals surface area contributed by atoms with Crippen molar-refractivity contribution < 1.29 is 0 Å². The van der Waals surface area contributed by atoms with E-state index in [-0.39, 0.29) is 0 Å². The van der Waals surface area contributed by atoms with Gasteiger partial charge in [0.15, 0.2) is 0 Å². The zero-order valence-corrected chi connectivity index (χ0v) is 10.4. The van der Waals surface area contributed by atoms with E-state index in [9.17, 15) is 0 Å². The number of hydrogen-bond acceptors (Lipinski definition) is 6. The summed E-state index contributed by atoms with van der Waals surface area (Å²) in [6, 6.07) is 10.3. The molecule has 0 aliphatic carbocycles. The molecule has 0 amide bonds. The molecule has 1 heterocycles. The number of rotatable bonds is 5. The van der Waals surface area contributed by atoms with Gasteiger partial charge < -0.3 is 0 Å². The Morgan fingerprint density at radius 2 is 2.00 bits per heavy atom. The Morgan fingerprint density at radius 1 is 1.24 bits per heavy atom. The topological polar surface area (TPSA) is 67.1 Å². The summed E-state index contributed by atoms with van der Waals surface area (Å²) in [4.78, 5) is 2.19. The molecule has 2 rings (SSSR count). The van der Waals surface area contributed by atoms with E-state index in [2.05, 4.69) is 39.7 Å². The first-order valence-electron chi connectivity index (χ1n) is 5.29. The number of benzene rings is 1. The standard InChI is InChI=1S/C11H15N5S/c1-16(7-9-5-3-2-4-6-9)8-10-14-15-11(13-12)17-10/h2-6H,7-8,12H2,1H3,(H,13,15). The molecule has 0 fully saturated rings. The van der Waals surface area contributed by atoms with Crippen LogP contribution in [0.2, 0.25) is 0 Å². The second-order valence-corrected chi connectivity index (χ2v) is 4.87. The van der Waals surface area contributed by atoms with Crippen LogP contribution in [0.4, 0.5) is 5.13 Å². The van der Waals surface area contributed by atoms with Crippen molar-refractivity contribution in [2.45, 2.75) is 13.1 Å². The van der Waals surface area contributed by atoms with E-state index in [1.54, 1.807) is 0 Å². The van der Waals surface area contributed by atoms with Crippen LogP contribution in [0.15, 0.2) is 30.3 Å². The molecule has 0 spiro atoms. The second-order valence-electron chi connectivity index (χ2n) is 3.80. The Morgan fingerprint density at radius 3 is 2.65 bits per heavy atom. The van der Waals surface area contributed by atoms with Crippen molar-refractivity contribution in [1.29, 1.82) is 0 Å². The van der Waals surface area contributed by atoms with Crippen molar-refractivity contribution >= 4 is 16.5 Å². The summed E-state index contributed by atoms with van der Waals surface area (Å²) < 4.78 is 0. The predicted molar refractivity (Wildman–Crippen MR) is 69.3 cm³/mol. The van der Waals surface area contributed by atoms with Crippen molar-refractivity contribution in [3.63, 3.8) is 0 Å². The first-order chi connectivity index (χ1) is 8.28. The number of nitrogen functional groups attached to an aromatic ring is 1. The fraction of sp³-hybridized carbons (Fsp3) is 0.273. The third-order valence-corrected chi connectivity index (χ3v) is 3.13. The average Bonchev–Trinajstić information content (AvgIpc) is 2.78. The highest BCUT2D eigenvalue weighted by Gasteiger charge is 2.06. The van der Waals surface area contributed by atoms with E-state index < -0.39 is 0 Å². The van der Waals surface area contributed by atoms with Crippen LogP contribution in [0.3, 0.4) is 0 Å². The average molecular weight is 249 g/mol. The molecule has 0 unspecified atom stereocenters. The lowest BCUT2D eigenvalue weighted by atomic mass is 10.2. The van der Waals surface area contributed by atoms with Crippen LogP contribution in [-0.2, 0) is 13.1 Å². The van der Waals surface area contributed by atoms with Crippen LogP contribution in [0, 0.1) is 0 Å². The third kappa shape index (κ3) is 3.48. The highest BCUT2D eigenvalue weighted by Crippen LogP contribution is 2.15. The van der Waals surface area contributed by atoms with Gasteiger partial charge in [0.05, 0.1) is 6.54 Å². The minimum Gasteiger partial charge on any atom is -0.298 e. The Labute approximate surface area is 104 Å². The molecule has 0 aliphatic rings. The van der Waals surface area contributed by atoms with Crippen molar-refractivity contribution in [1.82, 2.24) is 15.1 Å². The zero-order chi connectivity index (χ0) is 12.1. The molecule has 0 bridgehead atoms. The lowest BCUT2D eigenvalue weighted by molar-refractivity contribution is 0.317. The number of hydrazine groups is 1. The number of anilines is 1. The SMILES string of the molecule is CN(Cc1ccccc1)Cc1nnc(NN)s1. The number of aromatic nitrogens is 2. The Balaban J connectivity index is 1.91. The zero-order valence-electron chi connectivity index (χ0n) is 9.63. The van der Waals surface area contributed by atoms with E-state index in [1.807, 2.05) is 18.2 Å². The molecular weight excluding hydrogens is 234 g/mol. The first-order valence-corrected chi connectivity index (χ1v) is 6.11. The predicted octanol–water partition coefficient (Wildman–Crippen LogP) is 1.46. The molecule has 1 aromatic carbocycles. The van der Waals surface area contributed by atoms with Crippen molar-refractivity contribution in [2.24, 2.45) is 5.84 Å². The number of nitrogens with two attached hydrogens (primary N) is 1. The summed E-state index contributed by atoms with van der Waals surface area (Å²) in [6.45, 7) is 1.67. The first kappa shape index (κ1) is 12.0. The molecule has 2 aromatic rings. The van der Waals surface area contributed by atoms with Gasteiger partial charge in [-0.2, -0.15) is 0 Å². The van der Waals surface area contributed by atoms with E-state index in [0.29, 0.717) is 5.13 Å². The molecule has 0 atom stereocenters. The van der Waals surface area contributed by atoms with Gasteiger partial charge in [0.25, 0.3) is 0 Å². The molecule has 1 aromatic heterocycles. The lowest BCUT2D eigenvalue weighted by Gasteiger charge is -2.14. The summed E-state index contributed by atoms with van der Waals surface area (Å²) in [7, 11) is 2.06. The van der Waals surface area contributed by atoms with Gasteiger partial charge in [-0.15, -0.1) is 10.2 Å². The molecule has 6 heteroatoms. The summed E-state index contributed by atoms with van der Waals surface area (Å²) in [6.07, 6.45) is 0. The molecule has 17 heavy (non-hydrogen) atoms. The normalized spacial score (nSPS) is 10.8. The van der Waals surface area contributed by atoms with Crippen LogP contribution in [-0.4, -0.2) is 22.1 Å². The highest BCUT2D eigenvalue weighted by molar-refractivity contribution is 7.15. The highest BCUT2D eigenvalue weighted by atomic mass is 32.1. The van der Waals surface area contributed by atoms with Crippen LogP contribution >= 0.6 is 11.3 Å². The van der Waals surface area contributed by atoms with Gasteiger partial charge in [0.2, 0.25) is 5.13 Å². The van der Waals surface area contributed by atoms with Crippen LogP contribution in [0.1, 0.15) is 10.6 Å². The monoisotopic (exact) mass is 249 g/mol. The van der Waals surface area contributed by atoms with Gasteiger partial charge in [0, 0.05) is 6.54 Å². The fourth-order valence-corrected chi connectivity index (χ4v) is 2.29. The van der Waals surface area contributed by atoms with Crippen LogP contribution in [0.25, 0.3) is 0 Å². The number of nitrogens with one attached hydrogen (secondary N) is 1.